The molecule has 0 saturated carbocycles. The fraction of sp³-hybridized carbons (Fsp3) is 0.667. The number of amides is 2. The lowest BCUT2D eigenvalue weighted by Crippen LogP contribution is -2.35. The monoisotopic (exact) mass is 374 g/mol. The number of pyridine rings is 1. The van der Waals surface area contributed by atoms with Crippen molar-refractivity contribution >= 4 is 17.6 Å². The third-order valence-corrected chi connectivity index (χ3v) is 4.95. The first-order valence-electron chi connectivity index (χ1n) is 10.0. The highest BCUT2D eigenvalue weighted by molar-refractivity contribution is 5.81. The van der Waals surface area contributed by atoms with E-state index >= 15 is 0 Å². The van der Waals surface area contributed by atoms with E-state index in [-0.39, 0.29) is 11.8 Å². The van der Waals surface area contributed by atoms with Gasteiger partial charge in [-0.2, -0.15) is 0 Å². The SMILES string of the molecule is CC1CCN(c2ccc(CNC(=O)CCCNC(=O)C(C)(C)C)cn2)CC1. The van der Waals surface area contributed by atoms with Crippen LogP contribution in [-0.2, 0) is 16.1 Å². The molecule has 1 saturated heterocycles. The van der Waals surface area contributed by atoms with Crippen molar-refractivity contribution in [2.24, 2.45) is 11.3 Å². The maximum Gasteiger partial charge on any atom is 0.225 e. The van der Waals surface area contributed by atoms with Gasteiger partial charge in [-0.05, 0) is 36.8 Å². The Labute approximate surface area is 163 Å². The molecule has 1 fully saturated rings. The fourth-order valence-corrected chi connectivity index (χ4v) is 2.95. The third kappa shape index (κ3) is 7.19. The number of nitrogens with zero attached hydrogens (tertiary/aromatic N) is 2. The largest absolute Gasteiger partial charge is 0.357 e. The molecule has 0 bridgehead atoms. The Hall–Kier alpha value is -2.11. The minimum absolute atomic E-state index is 0.00546. The summed E-state index contributed by atoms with van der Waals surface area (Å²) in [6.45, 7) is 11.1. The highest BCUT2D eigenvalue weighted by Gasteiger charge is 2.20. The lowest BCUT2D eigenvalue weighted by atomic mass is 9.96. The molecule has 0 spiro atoms. The van der Waals surface area contributed by atoms with Crippen LogP contribution in [0.5, 0.6) is 0 Å². The van der Waals surface area contributed by atoms with Gasteiger partial charge in [0.05, 0.1) is 0 Å². The molecule has 2 N–H and O–H groups in total. The fourth-order valence-electron chi connectivity index (χ4n) is 2.95. The van der Waals surface area contributed by atoms with Crippen molar-refractivity contribution in [1.82, 2.24) is 15.6 Å². The summed E-state index contributed by atoms with van der Waals surface area (Å²) >= 11 is 0. The maximum absolute atomic E-state index is 12.0. The van der Waals surface area contributed by atoms with Gasteiger partial charge in [-0.15, -0.1) is 0 Å². The van der Waals surface area contributed by atoms with Gasteiger partial charge in [-0.1, -0.05) is 33.8 Å². The number of hydrogen-bond donors (Lipinski definition) is 2. The Morgan fingerprint density at radius 2 is 1.89 bits per heavy atom. The molecule has 0 unspecified atom stereocenters. The molecular weight excluding hydrogens is 340 g/mol. The molecule has 1 aromatic rings. The predicted molar refractivity (Wildman–Crippen MR) is 108 cm³/mol. The number of aromatic nitrogens is 1. The van der Waals surface area contributed by atoms with Gasteiger partial charge in [0, 0.05) is 44.2 Å². The van der Waals surface area contributed by atoms with E-state index in [2.05, 4.69) is 27.4 Å². The van der Waals surface area contributed by atoms with Crippen molar-refractivity contribution in [3.05, 3.63) is 23.9 Å². The van der Waals surface area contributed by atoms with Crippen LogP contribution in [0.25, 0.3) is 0 Å². The number of piperidine rings is 1. The van der Waals surface area contributed by atoms with Gasteiger partial charge in [0.25, 0.3) is 0 Å². The second-order valence-electron chi connectivity index (χ2n) is 8.58. The van der Waals surface area contributed by atoms with E-state index in [9.17, 15) is 9.59 Å². The summed E-state index contributed by atoms with van der Waals surface area (Å²) in [5, 5.41) is 5.78. The van der Waals surface area contributed by atoms with E-state index in [1.807, 2.05) is 39.1 Å². The molecule has 2 amide bonds. The van der Waals surface area contributed by atoms with Gasteiger partial charge >= 0.3 is 0 Å². The summed E-state index contributed by atoms with van der Waals surface area (Å²) in [4.78, 5) is 30.6. The summed E-state index contributed by atoms with van der Waals surface area (Å²) in [5.41, 5.74) is 0.604. The zero-order valence-electron chi connectivity index (χ0n) is 17.2. The van der Waals surface area contributed by atoms with Crippen molar-refractivity contribution in [2.45, 2.75) is 59.9 Å². The van der Waals surface area contributed by atoms with Crippen LogP contribution in [0, 0.1) is 11.3 Å². The molecule has 0 aliphatic carbocycles. The number of anilines is 1. The summed E-state index contributed by atoms with van der Waals surface area (Å²) in [7, 11) is 0. The topological polar surface area (TPSA) is 74.3 Å². The highest BCUT2D eigenvalue weighted by atomic mass is 16.2. The summed E-state index contributed by atoms with van der Waals surface area (Å²) in [6, 6.07) is 4.07. The van der Waals surface area contributed by atoms with Gasteiger partial charge < -0.3 is 15.5 Å². The van der Waals surface area contributed by atoms with E-state index < -0.39 is 5.41 Å². The smallest absolute Gasteiger partial charge is 0.225 e. The zero-order valence-corrected chi connectivity index (χ0v) is 17.2. The Morgan fingerprint density at radius 1 is 1.19 bits per heavy atom. The van der Waals surface area contributed by atoms with Crippen LogP contribution in [0.3, 0.4) is 0 Å². The molecule has 1 aliphatic rings. The lowest BCUT2D eigenvalue weighted by molar-refractivity contribution is -0.128. The van der Waals surface area contributed by atoms with Crippen LogP contribution in [0.1, 0.15) is 58.9 Å². The van der Waals surface area contributed by atoms with E-state index in [1.54, 1.807) is 0 Å². The Morgan fingerprint density at radius 3 is 2.48 bits per heavy atom. The standard InChI is InChI=1S/C21H34N4O2/c1-16-9-12-25(13-10-16)18-8-7-17(14-23-18)15-24-19(26)6-5-11-22-20(27)21(2,3)4/h7-8,14,16H,5-6,9-13,15H2,1-4H3,(H,22,27)(H,24,26). The van der Waals surface area contributed by atoms with Crippen LogP contribution in [0.2, 0.25) is 0 Å². The minimum Gasteiger partial charge on any atom is -0.357 e. The molecule has 2 heterocycles. The van der Waals surface area contributed by atoms with E-state index in [1.165, 1.54) is 12.8 Å². The van der Waals surface area contributed by atoms with Crippen molar-refractivity contribution in [2.75, 3.05) is 24.5 Å². The number of nitrogens with one attached hydrogen (secondary N) is 2. The molecule has 0 radical (unpaired) electrons. The van der Waals surface area contributed by atoms with Crippen molar-refractivity contribution in [1.29, 1.82) is 0 Å². The van der Waals surface area contributed by atoms with Crippen LogP contribution in [0.15, 0.2) is 18.3 Å². The van der Waals surface area contributed by atoms with Gasteiger partial charge in [0.15, 0.2) is 0 Å². The van der Waals surface area contributed by atoms with Crippen LogP contribution >= 0.6 is 0 Å². The van der Waals surface area contributed by atoms with Gasteiger partial charge in [0.1, 0.15) is 5.82 Å². The first-order chi connectivity index (χ1) is 12.8. The number of carbonyl (C=O) groups excluding carboxylic acids is 2. The number of carbonyl (C=O) groups is 2. The van der Waals surface area contributed by atoms with E-state index in [4.69, 9.17) is 0 Å². The van der Waals surface area contributed by atoms with Gasteiger partial charge in [-0.3, -0.25) is 9.59 Å². The lowest BCUT2D eigenvalue weighted by Gasteiger charge is -2.31. The summed E-state index contributed by atoms with van der Waals surface area (Å²) < 4.78 is 0. The molecule has 2 rings (SSSR count). The normalized spacial score (nSPS) is 15.5. The van der Waals surface area contributed by atoms with Crippen LogP contribution in [0.4, 0.5) is 5.82 Å². The first-order valence-corrected chi connectivity index (χ1v) is 10.0. The molecule has 0 atom stereocenters. The summed E-state index contributed by atoms with van der Waals surface area (Å²) in [6.07, 6.45) is 5.32. The third-order valence-electron chi connectivity index (χ3n) is 4.95. The van der Waals surface area contributed by atoms with Gasteiger partial charge in [0.2, 0.25) is 11.8 Å². The molecule has 27 heavy (non-hydrogen) atoms. The summed E-state index contributed by atoms with van der Waals surface area (Å²) in [5.74, 6) is 1.83. The molecule has 1 aromatic heterocycles. The number of rotatable bonds is 7. The second kappa shape index (κ2) is 9.72. The Bertz CT molecular complexity index is 614. The van der Waals surface area contributed by atoms with Crippen molar-refractivity contribution < 1.29 is 9.59 Å². The van der Waals surface area contributed by atoms with Gasteiger partial charge in [-0.25, -0.2) is 4.98 Å². The van der Waals surface area contributed by atoms with Crippen molar-refractivity contribution in [3.8, 4) is 0 Å². The average Bonchev–Trinajstić information content (AvgIpc) is 2.63. The number of hydrogen-bond acceptors (Lipinski definition) is 4. The highest BCUT2D eigenvalue weighted by Crippen LogP contribution is 2.21. The predicted octanol–water partition coefficient (Wildman–Crippen LogP) is 2.88. The molecule has 0 aromatic carbocycles. The molecule has 6 heteroatoms. The molecule has 1 aliphatic heterocycles. The maximum atomic E-state index is 12.0. The molecule has 150 valence electrons. The quantitative estimate of drug-likeness (QED) is 0.720. The zero-order chi connectivity index (χ0) is 19.9. The van der Waals surface area contributed by atoms with E-state index in [0.29, 0.717) is 25.9 Å². The van der Waals surface area contributed by atoms with Crippen molar-refractivity contribution in [3.63, 3.8) is 0 Å². The Balaban J connectivity index is 1.66. The average molecular weight is 375 g/mol. The van der Waals surface area contributed by atoms with Crippen LogP contribution in [-0.4, -0.2) is 36.4 Å². The Kier molecular flexibility index (Phi) is 7.63. The molecule has 6 nitrogen and oxygen atoms in total. The van der Waals surface area contributed by atoms with E-state index in [0.717, 1.165) is 30.4 Å². The van der Waals surface area contributed by atoms with Crippen LogP contribution < -0.4 is 15.5 Å². The second-order valence-corrected chi connectivity index (χ2v) is 8.58. The molecular formula is C21H34N4O2. The minimum atomic E-state index is -0.395. The first kappa shape index (κ1) is 21.2.